The minimum absolute atomic E-state index is 0.0480. The maximum Gasteiger partial charge on any atom is 0.111 e. The lowest BCUT2D eigenvalue weighted by atomic mass is 9.91. The summed E-state index contributed by atoms with van der Waals surface area (Å²) in [5, 5.41) is 3.23. The lowest BCUT2D eigenvalue weighted by Crippen LogP contribution is -2.45. The summed E-state index contributed by atoms with van der Waals surface area (Å²) >= 11 is 0. The molecule has 2 radical (unpaired) electrons. The summed E-state index contributed by atoms with van der Waals surface area (Å²) in [4.78, 5) is 0. The first-order valence-corrected chi connectivity index (χ1v) is 4.42. The van der Waals surface area contributed by atoms with Crippen LogP contribution in [0.1, 0.15) is 0 Å². The fourth-order valence-electron chi connectivity index (χ4n) is 1.41. The van der Waals surface area contributed by atoms with E-state index in [4.69, 9.17) is 22.1 Å². The predicted molar refractivity (Wildman–Crippen MR) is 50.0 cm³/mol. The largest absolute Gasteiger partial charge is 0.384 e. The zero-order chi connectivity index (χ0) is 9.68. The molecule has 1 unspecified atom stereocenters. The zero-order valence-corrected chi connectivity index (χ0v) is 8.16. The molecule has 0 aromatic carbocycles. The molecule has 5 heteroatoms. The highest BCUT2D eigenvalue weighted by Gasteiger charge is 2.33. The van der Waals surface area contributed by atoms with Gasteiger partial charge in [0, 0.05) is 26.8 Å². The molecule has 0 amide bonds. The molecule has 13 heavy (non-hydrogen) atoms. The van der Waals surface area contributed by atoms with Gasteiger partial charge in [-0.15, -0.1) is 0 Å². The van der Waals surface area contributed by atoms with E-state index < -0.39 is 0 Å². The van der Waals surface area contributed by atoms with Gasteiger partial charge in [0.15, 0.2) is 0 Å². The molecular formula is C8H16BNO3. The van der Waals surface area contributed by atoms with E-state index in [0.717, 1.165) is 6.54 Å². The lowest BCUT2D eigenvalue weighted by molar-refractivity contribution is 0.0711. The van der Waals surface area contributed by atoms with E-state index in [1.807, 2.05) is 0 Å². The Kier molecular flexibility index (Phi) is 4.73. The maximum atomic E-state index is 5.72. The molecular weight excluding hydrogens is 169 g/mol. The Balaban J connectivity index is 2.27. The fraction of sp³-hybridized carbons (Fsp3) is 1.00. The maximum absolute atomic E-state index is 5.72. The molecule has 1 rings (SSSR count). The van der Waals surface area contributed by atoms with E-state index in [1.54, 1.807) is 14.2 Å². The van der Waals surface area contributed by atoms with E-state index >= 15 is 0 Å². The molecule has 1 aliphatic rings. The number of hydrogen-bond acceptors (Lipinski definition) is 4. The third-order valence-corrected chi connectivity index (χ3v) is 2.20. The molecule has 0 aromatic heterocycles. The second kappa shape index (κ2) is 5.60. The standard InChI is InChI=1S/C8H16BNO3/c1-11-4-3-10-7-6(12-2)5-13-8(7)9/h6-8,10H,3-5H2,1-2H3/t6?,7-,8-/m1/s1. The van der Waals surface area contributed by atoms with E-state index in [2.05, 4.69) is 5.32 Å². The molecule has 0 saturated carbocycles. The first-order chi connectivity index (χ1) is 6.29. The van der Waals surface area contributed by atoms with Gasteiger partial charge in [0.1, 0.15) is 7.85 Å². The second-order valence-corrected chi connectivity index (χ2v) is 3.04. The van der Waals surface area contributed by atoms with Crippen LogP contribution in [0.5, 0.6) is 0 Å². The molecule has 0 bridgehead atoms. The zero-order valence-electron chi connectivity index (χ0n) is 8.16. The second-order valence-electron chi connectivity index (χ2n) is 3.04. The molecule has 74 valence electrons. The molecule has 1 N–H and O–H groups in total. The third-order valence-electron chi connectivity index (χ3n) is 2.20. The van der Waals surface area contributed by atoms with Crippen LogP contribution in [0.4, 0.5) is 0 Å². The quantitative estimate of drug-likeness (QED) is 0.446. The highest BCUT2D eigenvalue weighted by Crippen LogP contribution is 2.13. The molecule has 0 aromatic rings. The van der Waals surface area contributed by atoms with Crippen LogP contribution >= 0.6 is 0 Å². The fourth-order valence-corrected chi connectivity index (χ4v) is 1.41. The highest BCUT2D eigenvalue weighted by atomic mass is 16.5. The van der Waals surface area contributed by atoms with Crippen LogP contribution < -0.4 is 5.32 Å². The summed E-state index contributed by atoms with van der Waals surface area (Å²) in [5.74, 6) is 0. The van der Waals surface area contributed by atoms with Crippen molar-refractivity contribution < 1.29 is 14.2 Å². The van der Waals surface area contributed by atoms with E-state index in [-0.39, 0.29) is 18.1 Å². The minimum atomic E-state index is -0.276. The minimum Gasteiger partial charge on any atom is -0.384 e. The van der Waals surface area contributed by atoms with E-state index in [1.165, 1.54) is 0 Å². The summed E-state index contributed by atoms with van der Waals surface area (Å²) in [6.45, 7) is 1.99. The number of rotatable bonds is 5. The van der Waals surface area contributed by atoms with Crippen LogP contribution in [0.2, 0.25) is 0 Å². The topological polar surface area (TPSA) is 39.7 Å². The summed E-state index contributed by atoms with van der Waals surface area (Å²) in [7, 11) is 9.05. The van der Waals surface area contributed by atoms with Crippen molar-refractivity contribution in [1.29, 1.82) is 0 Å². The van der Waals surface area contributed by atoms with Crippen LogP contribution in [0, 0.1) is 0 Å². The molecule has 1 fully saturated rings. The van der Waals surface area contributed by atoms with Gasteiger partial charge in [-0.05, 0) is 0 Å². The SMILES string of the molecule is [B][C@@H]1OCC(OC)[C@H]1NCCOC. The first kappa shape index (κ1) is 11.0. The van der Waals surface area contributed by atoms with Crippen LogP contribution in [-0.4, -0.2) is 60.0 Å². The van der Waals surface area contributed by atoms with Gasteiger partial charge < -0.3 is 19.5 Å². The van der Waals surface area contributed by atoms with Gasteiger partial charge in [0.05, 0.1) is 25.4 Å². The van der Waals surface area contributed by atoms with Crippen molar-refractivity contribution in [3.8, 4) is 0 Å². The third kappa shape index (κ3) is 2.95. The van der Waals surface area contributed by atoms with Crippen molar-refractivity contribution in [2.45, 2.75) is 18.1 Å². The van der Waals surface area contributed by atoms with Crippen LogP contribution in [0.15, 0.2) is 0 Å². The van der Waals surface area contributed by atoms with Gasteiger partial charge in [-0.3, -0.25) is 0 Å². The Morgan fingerprint density at radius 1 is 1.54 bits per heavy atom. The average molecular weight is 185 g/mol. The van der Waals surface area contributed by atoms with Crippen molar-refractivity contribution in [1.82, 2.24) is 5.32 Å². The Labute approximate surface area is 80.3 Å². The van der Waals surface area contributed by atoms with Crippen LogP contribution in [-0.2, 0) is 14.2 Å². The number of methoxy groups -OCH3 is 2. The molecule has 0 spiro atoms. The number of hydrogen-bond donors (Lipinski definition) is 1. The lowest BCUT2D eigenvalue weighted by Gasteiger charge is -2.21. The monoisotopic (exact) mass is 185 g/mol. The van der Waals surface area contributed by atoms with Gasteiger partial charge >= 0.3 is 0 Å². The molecule has 3 atom stereocenters. The summed E-state index contributed by atoms with van der Waals surface area (Å²) in [6, 6.07) is -0.207. The molecule has 4 nitrogen and oxygen atoms in total. The Morgan fingerprint density at radius 3 is 2.92 bits per heavy atom. The Bertz CT molecular complexity index is 147. The van der Waals surface area contributed by atoms with Crippen molar-refractivity contribution in [2.75, 3.05) is 34.0 Å². The van der Waals surface area contributed by atoms with E-state index in [9.17, 15) is 0 Å². The molecule has 1 heterocycles. The highest BCUT2D eigenvalue weighted by molar-refractivity contribution is 6.11. The number of nitrogens with one attached hydrogen (secondary N) is 1. The van der Waals surface area contributed by atoms with Gasteiger partial charge in [0.25, 0.3) is 0 Å². The molecule has 0 aliphatic carbocycles. The van der Waals surface area contributed by atoms with Crippen LogP contribution in [0.3, 0.4) is 0 Å². The van der Waals surface area contributed by atoms with Crippen molar-refractivity contribution >= 4 is 7.85 Å². The molecule has 1 aliphatic heterocycles. The summed E-state index contributed by atoms with van der Waals surface area (Å²) in [5.41, 5.74) is 0. The van der Waals surface area contributed by atoms with Crippen molar-refractivity contribution in [3.05, 3.63) is 0 Å². The predicted octanol–water partition coefficient (Wildman–Crippen LogP) is -0.869. The van der Waals surface area contributed by atoms with Crippen molar-refractivity contribution in [3.63, 3.8) is 0 Å². The normalized spacial score (nSPS) is 33.8. The average Bonchev–Trinajstić information content (AvgIpc) is 2.48. The summed E-state index contributed by atoms with van der Waals surface area (Å²) in [6.07, 6.45) is 0.0480. The van der Waals surface area contributed by atoms with E-state index in [0.29, 0.717) is 13.2 Å². The first-order valence-electron chi connectivity index (χ1n) is 4.42. The summed E-state index contributed by atoms with van der Waals surface area (Å²) < 4.78 is 15.4. The van der Waals surface area contributed by atoms with Crippen molar-refractivity contribution in [2.24, 2.45) is 0 Å². The molecule has 1 saturated heterocycles. The Hall–Kier alpha value is -0.0951. The smallest absolute Gasteiger partial charge is 0.111 e. The number of ether oxygens (including phenoxy) is 3. The van der Waals surface area contributed by atoms with Gasteiger partial charge in [0.2, 0.25) is 0 Å². The Morgan fingerprint density at radius 2 is 2.31 bits per heavy atom. The van der Waals surface area contributed by atoms with Gasteiger partial charge in [-0.1, -0.05) is 0 Å². The van der Waals surface area contributed by atoms with Gasteiger partial charge in [-0.2, -0.15) is 0 Å². The van der Waals surface area contributed by atoms with Crippen LogP contribution in [0.25, 0.3) is 0 Å². The van der Waals surface area contributed by atoms with Gasteiger partial charge in [-0.25, -0.2) is 0 Å².